The van der Waals surface area contributed by atoms with E-state index in [4.69, 9.17) is 5.11 Å². The summed E-state index contributed by atoms with van der Waals surface area (Å²) in [6.07, 6.45) is -1.10. The molecule has 0 bridgehead atoms. The van der Waals surface area contributed by atoms with E-state index in [0.717, 1.165) is 21.4 Å². The Balaban J connectivity index is 1.93. The highest BCUT2D eigenvalue weighted by Gasteiger charge is 2.15. The number of carbonyl (C=O) groups is 1. The highest BCUT2D eigenvalue weighted by molar-refractivity contribution is 5.98. The number of aromatic amines is 2. The summed E-state index contributed by atoms with van der Waals surface area (Å²) in [6.45, 7) is 1.93. The Morgan fingerprint density at radius 3 is 2.81 bits per heavy atom. The van der Waals surface area contributed by atoms with Crippen LogP contribution in [0.3, 0.4) is 0 Å². The quantitative estimate of drug-likeness (QED) is 0.515. The molecule has 2 aromatic carbocycles. The minimum absolute atomic E-state index is 0.236. The maximum absolute atomic E-state index is 12.1. The number of hydrogen-bond acceptors (Lipinski definition) is 4. The number of amides is 1. The van der Waals surface area contributed by atoms with Gasteiger partial charge in [-0.1, -0.05) is 18.2 Å². The van der Waals surface area contributed by atoms with E-state index >= 15 is 0 Å². The first-order valence-electron chi connectivity index (χ1n) is 7.90. The molecule has 130 valence electrons. The molecule has 0 atom stereocenters. The Labute approximate surface area is 147 Å². The number of imidazole rings is 1. The third-order valence-corrected chi connectivity index (χ3v) is 4.37. The number of benzene rings is 2. The average molecular weight is 349 g/mol. The van der Waals surface area contributed by atoms with Crippen molar-refractivity contribution in [3.8, 4) is 11.3 Å². The molecule has 0 aliphatic heterocycles. The topological polar surface area (TPSA) is 115 Å². The number of H-pyrrole nitrogens is 2. The van der Waals surface area contributed by atoms with Crippen LogP contribution in [-0.2, 0) is 0 Å². The molecular weight excluding hydrogens is 334 g/mol. The molecule has 1 amide bonds. The zero-order valence-corrected chi connectivity index (χ0v) is 14.1. The van der Waals surface area contributed by atoms with Crippen molar-refractivity contribution in [2.24, 2.45) is 0 Å². The first-order valence-corrected chi connectivity index (χ1v) is 7.90. The second-order valence-corrected chi connectivity index (χ2v) is 6.03. The first kappa shape index (κ1) is 15.8. The summed E-state index contributed by atoms with van der Waals surface area (Å²) < 4.78 is 0. The van der Waals surface area contributed by atoms with Crippen LogP contribution in [0.5, 0.6) is 0 Å². The number of aromatic nitrogens is 4. The normalized spacial score (nSPS) is 11.2. The van der Waals surface area contributed by atoms with Crippen molar-refractivity contribution in [1.29, 1.82) is 0 Å². The molecule has 0 aliphatic carbocycles. The molecule has 0 fully saturated rings. The Kier molecular flexibility index (Phi) is 3.47. The molecule has 2 heterocycles. The lowest BCUT2D eigenvalue weighted by Gasteiger charge is -2.08. The summed E-state index contributed by atoms with van der Waals surface area (Å²) in [5, 5.41) is 17.2. The van der Waals surface area contributed by atoms with Gasteiger partial charge in [-0.05, 0) is 30.7 Å². The fraction of sp³-hybridized carbons (Fsp3) is 0.111. The summed E-state index contributed by atoms with van der Waals surface area (Å²) in [5.74, 6) is 0.236. The van der Waals surface area contributed by atoms with Crippen molar-refractivity contribution < 1.29 is 9.90 Å². The minimum atomic E-state index is -1.10. The molecule has 8 nitrogen and oxygen atoms in total. The highest BCUT2D eigenvalue weighted by Crippen LogP contribution is 2.29. The van der Waals surface area contributed by atoms with Crippen LogP contribution in [-0.4, -0.2) is 38.4 Å². The van der Waals surface area contributed by atoms with E-state index in [2.05, 4.69) is 20.2 Å². The van der Waals surface area contributed by atoms with Gasteiger partial charge in [0.2, 0.25) is 5.95 Å². The Morgan fingerprint density at radius 1 is 1.23 bits per heavy atom. The van der Waals surface area contributed by atoms with Gasteiger partial charge < -0.3 is 10.1 Å². The molecule has 0 spiro atoms. The standard InChI is InChI=1S/C18H15N5O3/c1-9-4-3-5-11-14(9)15(21-22-16(11)24)10-6-7-12-13(8-10)20-17(19-12)23(2)18(25)26/h3-8H,1-2H3,(H,19,20)(H,22,24)(H,25,26). The number of anilines is 1. The molecule has 0 aliphatic rings. The molecule has 0 radical (unpaired) electrons. The SMILES string of the molecule is Cc1cccc2c(=O)[nH]nc(-c3ccc4nc(N(C)C(=O)O)[nH]c4c3)c12. The number of fused-ring (bicyclic) bond motifs is 2. The largest absolute Gasteiger partial charge is 0.465 e. The zero-order valence-electron chi connectivity index (χ0n) is 14.1. The lowest BCUT2D eigenvalue weighted by Crippen LogP contribution is -2.24. The Morgan fingerprint density at radius 2 is 2.04 bits per heavy atom. The molecule has 0 saturated carbocycles. The van der Waals surface area contributed by atoms with Crippen molar-refractivity contribution in [3.05, 3.63) is 52.3 Å². The second-order valence-electron chi connectivity index (χ2n) is 6.03. The van der Waals surface area contributed by atoms with Crippen LogP contribution in [0.4, 0.5) is 10.7 Å². The van der Waals surface area contributed by atoms with Crippen molar-refractivity contribution in [1.82, 2.24) is 20.2 Å². The van der Waals surface area contributed by atoms with Crippen molar-refractivity contribution >= 4 is 33.8 Å². The van der Waals surface area contributed by atoms with Gasteiger partial charge >= 0.3 is 6.09 Å². The first-order chi connectivity index (χ1) is 12.5. The van der Waals surface area contributed by atoms with E-state index < -0.39 is 6.09 Å². The average Bonchev–Trinajstić information content (AvgIpc) is 3.05. The molecule has 0 saturated heterocycles. The molecule has 26 heavy (non-hydrogen) atoms. The fourth-order valence-corrected chi connectivity index (χ4v) is 3.00. The summed E-state index contributed by atoms with van der Waals surface area (Å²) in [7, 11) is 1.42. The molecule has 3 N–H and O–H groups in total. The fourth-order valence-electron chi connectivity index (χ4n) is 3.00. The van der Waals surface area contributed by atoms with Crippen LogP contribution in [0.2, 0.25) is 0 Å². The van der Waals surface area contributed by atoms with Gasteiger partial charge in [0.1, 0.15) is 0 Å². The van der Waals surface area contributed by atoms with Gasteiger partial charge in [0.25, 0.3) is 5.56 Å². The third kappa shape index (κ3) is 2.39. The summed E-state index contributed by atoms with van der Waals surface area (Å²) >= 11 is 0. The van der Waals surface area contributed by atoms with Crippen LogP contribution >= 0.6 is 0 Å². The smallest absolute Gasteiger partial charge is 0.413 e. The van der Waals surface area contributed by atoms with Crippen molar-refractivity contribution in [2.45, 2.75) is 6.92 Å². The van der Waals surface area contributed by atoms with E-state index in [-0.39, 0.29) is 11.5 Å². The van der Waals surface area contributed by atoms with Crippen LogP contribution in [0.25, 0.3) is 33.1 Å². The molecule has 8 heteroatoms. The lowest BCUT2D eigenvalue weighted by molar-refractivity contribution is 0.203. The zero-order chi connectivity index (χ0) is 18.4. The van der Waals surface area contributed by atoms with Crippen LogP contribution < -0.4 is 10.5 Å². The van der Waals surface area contributed by atoms with Gasteiger partial charge in [-0.2, -0.15) is 5.10 Å². The maximum Gasteiger partial charge on any atom is 0.413 e. The molecule has 0 unspecified atom stereocenters. The van der Waals surface area contributed by atoms with E-state index in [1.807, 2.05) is 31.2 Å². The van der Waals surface area contributed by atoms with Gasteiger partial charge in [0.15, 0.2) is 0 Å². The van der Waals surface area contributed by atoms with Crippen LogP contribution in [0.15, 0.2) is 41.2 Å². The van der Waals surface area contributed by atoms with Gasteiger partial charge in [-0.15, -0.1) is 0 Å². The van der Waals surface area contributed by atoms with Gasteiger partial charge in [-0.25, -0.2) is 14.9 Å². The molecule has 2 aromatic heterocycles. The molecular formula is C18H15N5O3. The maximum atomic E-state index is 12.1. The van der Waals surface area contributed by atoms with Crippen molar-refractivity contribution in [3.63, 3.8) is 0 Å². The molecule has 4 rings (SSSR count). The summed E-state index contributed by atoms with van der Waals surface area (Å²) in [6, 6.07) is 11.0. The van der Waals surface area contributed by atoms with Gasteiger partial charge in [0.05, 0.1) is 22.1 Å². The third-order valence-electron chi connectivity index (χ3n) is 4.37. The van der Waals surface area contributed by atoms with Gasteiger partial charge in [-0.3, -0.25) is 9.69 Å². The van der Waals surface area contributed by atoms with Crippen molar-refractivity contribution in [2.75, 3.05) is 11.9 Å². The number of carboxylic acid groups (broad SMARTS) is 1. The summed E-state index contributed by atoms with van der Waals surface area (Å²) in [5.41, 5.74) is 3.48. The van der Waals surface area contributed by atoms with E-state index in [1.54, 1.807) is 12.1 Å². The number of nitrogens with zero attached hydrogens (tertiary/aromatic N) is 3. The predicted octanol–water partition coefficient (Wildman–Crippen LogP) is 2.89. The minimum Gasteiger partial charge on any atom is -0.465 e. The van der Waals surface area contributed by atoms with Crippen LogP contribution in [0, 0.1) is 6.92 Å². The Bertz CT molecular complexity index is 1220. The molecule has 4 aromatic rings. The number of hydrogen-bond donors (Lipinski definition) is 3. The highest BCUT2D eigenvalue weighted by atomic mass is 16.4. The van der Waals surface area contributed by atoms with E-state index in [1.165, 1.54) is 7.05 Å². The number of aryl methyl sites for hydroxylation is 1. The monoisotopic (exact) mass is 349 g/mol. The second kappa shape index (κ2) is 5.69. The van der Waals surface area contributed by atoms with Crippen LogP contribution in [0.1, 0.15) is 5.56 Å². The van der Waals surface area contributed by atoms with E-state index in [0.29, 0.717) is 22.1 Å². The lowest BCUT2D eigenvalue weighted by atomic mass is 10.0. The Hall–Kier alpha value is -3.68. The predicted molar refractivity (Wildman–Crippen MR) is 98.6 cm³/mol. The van der Waals surface area contributed by atoms with E-state index in [9.17, 15) is 9.59 Å². The number of nitrogens with one attached hydrogen (secondary N) is 2. The summed E-state index contributed by atoms with van der Waals surface area (Å²) in [4.78, 5) is 31.5. The van der Waals surface area contributed by atoms with Gasteiger partial charge in [0, 0.05) is 18.0 Å². The number of rotatable bonds is 2.